The molecule has 0 atom stereocenters. The van der Waals surface area contributed by atoms with Gasteiger partial charge in [0, 0.05) is 5.57 Å². The highest BCUT2D eigenvalue weighted by Crippen LogP contribution is 2.12. The van der Waals surface area contributed by atoms with Gasteiger partial charge in [0.05, 0.1) is 0 Å². The van der Waals surface area contributed by atoms with E-state index in [0.29, 0.717) is 5.57 Å². The third-order valence-corrected chi connectivity index (χ3v) is 1.83. The Bertz CT molecular complexity index is 285. The molecule has 0 heterocycles. The highest BCUT2D eigenvalue weighted by Gasteiger charge is 1.98. The molecule has 0 saturated carbocycles. The van der Waals surface area contributed by atoms with E-state index >= 15 is 0 Å². The van der Waals surface area contributed by atoms with Crippen LogP contribution in [-0.2, 0) is 4.79 Å². The van der Waals surface area contributed by atoms with Gasteiger partial charge in [0.15, 0.2) is 0 Å². The Morgan fingerprint density at radius 1 is 1.38 bits per heavy atom. The molecule has 0 unspecified atom stereocenters. The molecule has 0 amide bonds. The van der Waals surface area contributed by atoms with E-state index in [1.807, 2.05) is 42.7 Å². The van der Waals surface area contributed by atoms with E-state index in [4.69, 9.17) is 0 Å². The topological polar surface area (TPSA) is 17.1 Å². The lowest BCUT2D eigenvalue weighted by Crippen LogP contribution is -1.84. The number of hydrogen-bond acceptors (Lipinski definition) is 1. The number of allylic oxidation sites excluding steroid dienone is 2. The molecule has 67 valence electrons. The quantitative estimate of drug-likeness (QED) is 0.640. The van der Waals surface area contributed by atoms with Crippen LogP contribution in [0.15, 0.2) is 36.4 Å². The molecule has 0 aliphatic carbocycles. The first-order valence-corrected chi connectivity index (χ1v) is 4.52. The Morgan fingerprint density at radius 2 is 2.08 bits per heavy atom. The van der Waals surface area contributed by atoms with Crippen molar-refractivity contribution in [3.05, 3.63) is 42.0 Å². The number of unbranched alkanes of at least 4 members (excludes halogenated alkanes) is 1. The Morgan fingerprint density at radius 3 is 2.62 bits per heavy atom. The third kappa shape index (κ3) is 2.86. The third-order valence-electron chi connectivity index (χ3n) is 1.83. The first kappa shape index (κ1) is 9.72. The second kappa shape index (κ2) is 5.31. The van der Waals surface area contributed by atoms with Crippen LogP contribution in [0.4, 0.5) is 0 Å². The van der Waals surface area contributed by atoms with Gasteiger partial charge in [-0.2, -0.15) is 0 Å². The van der Waals surface area contributed by atoms with Crippen molar-refractivity contribution in [1.82, 2.24) is 0 Å². The van der Waals surface area contributed by atoms with E-state index in [1.54, 1.807) is 0 Å². The fourth-order valence-electron chi connectivity index (χ4n) is 1.12. The monoisotopic (exact) mass is 173 g/mol. The average Bonchev–Trinajstić information content (AvgIpc) is 2.21. The molecule has 1 rings (SSSR count). The van der Waals surface area contributed by atoms with Crippen LogP contribution in [0.5, 0.6) is 0 Å². The van der Waals surface area contributed by atoms with Crippen molar-refractivity contribution in [2.75, 3.05) is 0 Å². The number of rotatable bonds is 4. The van der Waals surface area contributed by atoms with Crippen LogP contribution in [0, 0.1) is 0 Å². The zero-order valence-corrected chi connectivity index (χ0v) is 7.79. The first-order valence-electron chi connectivity index (χ1n) is 4.52. The summed E-state index contributed by atoms with van der Waals surface area (Å²) < 4.78 is 0. The fourth-order valence-corrected chi connectivity index (χ4v) is 1.12. The lowest BCUT2D eigenvalue weighted by atomic mass is 10.1. The molecular weight excluding hydrogens is 160 g/mol. The van der Waals surface area contributed by atoms with Crippen LogP contribution in [0.3, 0.4) is 0 Å². The molecule has 0 aromatic heterocycles. The summed E-state index contributed by atoms with van der Waals surface area (Å²) in [6, 6.07) is 9.63. The zero-order chi connectivity index (χ0) is 9.52. The van der Waals surface area contributed by atoms with Gasteiger partial charge in [-0.05, 0) is 12.0 Å². The summed E-state index contributed by atoms with van der Waals surface area (Å²) in [5.41, 5.74) is 1.62. The van der Waals surface area contributed by atoms with E-state index in [-0.39, 0.29) is 0 Å². The summed E-state index contributed by atoms with van der Waals surface area (Å²) in [4.78, 5) is 10.6. The Balaban J connectivity index is 2.84. The van der Waals surface area contributed by atoms with Gasteiger partial charge < -0.3 is 0 Å². The highest BCUT2D eigenvalue weighted by molar-refractivity contribution is 6.07. The molecule has 0 N–H and O–H groups in total. The first-order chi connectivity index (χ1) is 6.38. The minimum absolute atomic E-state index is 0.669. The SMILES string of the molecule is CCC/C=C(/[C]=O)c1ccccc1. The van der Waals surface area contributed by atoms with Crippen molar-refractivity contribution >= 4 is 11.9 Å². The largest absolute Gasteiger partial charge is 0.285 e. The maximum Gasteiger partial charge on any atom is 0.233 e. The maximum absolute atomic E-state index is 10.6. The summed E-state index contributed by atoms with van der Waals surface area (Å²) in [6.45, 7) is 2.09. The molecule has 0 fully saturated rings. The molecule has 0 saturated heterocycles. The summed E-state index contributed by atoms with van der Waals surface area (Å²) in [5, 5.41) is 0. The van der Waals surface area contributed by atoms with Gasteiger partial charge in [-0.1, -0.05) is 49.8 Å². The lowest BCUT2D eigenvalue weighted by Gasteiger charge is -1.97. The normalized spacial score (nSPS) is 11.3. The smallest absolute Gasteiger partial charge is 0.233 e. The van der Waals surface area contributed by atoms with Crippen LogP contribution in [0.2, 0.25) is 0 Å². The minimum atomic E-state index is 0.669. The molecule has 0 spiro atoms. The van der Waals surface area contributed by atoms with E-state index < -0.39 is 0 Å². The predicted molar refractivity (Wildman–Crippen MR) is 55.0 cm³/mol. The molecule has 0 bridgehead atoms. The molecule has 1 aromatic carbocycles. The van der Waals surface area contributed by atoms with Crippen molar-refractivity contribution in [1.29, 1.82) is 0 Å². The van der Waals surface area contributed by atoms with Gasteiger partial charge in [-0.25, -0.2) is 0 Å². The molecule has 1 nitrogen and oxygen atoms in total. The van der Waals surface area contributed by atoms with E-state index in [9.17, 15) is 4.79 Å². The number of hydrogen-bond donors (Lipinski definition) is 0. The standard InChI is InChI=1S/C12H13O/c1-2-3-7-12(10-13)11-8-5-4-6-9-11/h4-9H,2-3H2,1H3/b12-7-. The van der Waals surface area contributed by atoms with Crippen LogP contribution < -0.4 is 0 Å². The van der Waals surface area contributed by atoms with Crippen molar-refractivity contribution in [2.45, 2.75) is 19.8 Å². The van der Waals surface area contributed by atoms with Crippen molar-refractivity contribution < 1.29 is 4.79 Å². The molecule has 1 heteroatoms. The van der Waals surface area contributed by atoms with Crippen molar-refractivity contribution in [3.63, 3.8) is 0 Å². The lowest BCUT2D eigenvalue weighted by molar-refractivity contribution is 0.565. The zero-order valence-electron chi connectivity index (χ0n) is 7.79. The number of benzene rings is 1. The van der Waals surface area contributed by atoms with Crippen LogP contribution in [0.25, 0.3) is 5.57 Å². The van der Waals surface area contributed by atoms with Crippen LogP contribution in [-0.4, -0.2) is 6.29 Å². The van der Waals surface area contributed by atoms with E-state index in [0.717, 1.165) is 18.4 Å². The van der Waals surface area contributed by atoms with E-state index in [1.165, 1.54) is 0 Å². The molecule has 0 aliphatic rings. The van der Waals surface area contributed by atoms with Gasteiger partial charge >= 0.3 is 0 Å². The van der Waals surface area contributed by atoms with Crippen LogP contribution >= 0.6 is 0 Å². The van der Waals surface area contributed by atoms with Crippen molar-refractivity contribution in [3.8, 4) is 0 Å². The fraction of sp³-hybridized carbons (Fsp3) is 0.250. The summed E-state index contributed by atoms with van der Waals surface area (Å²) in [5.74, 6) is 0. The maximum atomic E-state index is 10.6. The molecule has 0 aliphatic heterocycles. The molecule has 1 aromatic rings. The summed E-state index contributed by atoms with van der Waals surface area (Å²) in [6.07, 6.45) is 5.88. The van der Waals surface area contributed by atoms with Crippen LogP contribution in [0.1, 0.15) is 25.3 Å². The molecule has 13 heavy (non-hydrogen) atoms. The van der Waals surface area contributed by atoms with Gasteiger partial charge in [0.1, 0.15) is 0 Å². The van der Waals surface area contributed by atoms with Crippen molar-refractivity contribution in [2.24, 2.45) is 0 Å². The van der Waals surface area contributed by atoms with Gasteiger partial charge in [0.2, 0.25) is 6.29 Å². The Kier molecular flexibility index (Phi) is 3.97. The van der Waals surface area contributed by atoms with E-state index in [2.05, 4.69) is 6.92 Å². The highest BCUT2D eigenvalue weighted by atomic mass is 16.1. The Hall–Kier alpha value is -1.37. The minimum Gasteiger partial charge on any atom is -0.285 e. The number of carbonyl (C=O) groups excluding carboxylic acids is 1. The summed E-state index contributed by atoms with van der Waals surface area (Å²) >= 11 is 0. The van der Waals surface area contributed by atoms with Gasteiger partial charge in [-0.15, -0.1) is 0 Å². The average molecular weight is 173 g/mol. The van der Waals surface area contributed by atoms with Gasteiger partial charge in [-0.3, -0.25) is 4.79 Å². The predicted octanol–water partition coefficient (Wildman–Crippen LogP) is 2.98. The summed E-state index contributed by atoms with van der Waals surface area (Å²) in [7, 11) is 0. The van der Waals surface area contributed by atoms with Gasteiger partial charge in [0.25, 0.3) is 0 Å². The second-order valence-corrected chi connectivity index (χ2v) is 2.87. The molecular formula is C12H13O. The Labute approximate surface area is 79.1 Å². The second-order valence-electron chi connectivity index (χ2n) is 2.87. The molecule has 1 radical (unpaired) electrons.